The largest absolute Gasteiger partial charge is 0.497 e. The summed E-state index contributed by atoms with van der Waals surface area (Å²) in [4.78, 5) is 19.3. The van der Waals surface area contributed by atoms with Crippen molar-refractivity contribution < 1.29 is 17.9 Å². The number of anilines is 1. The van der Waals surface area contributed by atoms with Gasteiger partial charge in [-0.15, -0.1) is 0 Å². The van der Waals surface area contributed by atoms with Crippen LogP contribution in [0.5, 0.6) is 5.75 Å². The van der Waals surface area contributed by atoms with Crippen molar-refractivity contribution in [2.45, 2.75) is 4.90 Å². The van der Waals surface area contributed by atoms with E-state index in [1.54, 1.807) is 25.3 Å². The number of hydrogen-bond donors (Lipinski definition) is 1. The quantitative estimate of drug-likeness (QED) is 0.648. The van der Waals surface area contributed by atoms with Crippen LogP contribution in [0.15, 0.2) is 47.4 Å². The van der Waals surface area contributed by atoms with Gasteiger partial charge in [-0.05, 0) is 43.4 Å². The molecule has 158 valence electrons. The van der Waals surface area contributed by atoms with E-state index in [2.05, 4.69) is 15.2 Å². The lowest BCUT2D eigenvalue weighted by atomic mass is 10.2. The molecule has 1 amide bonds. The summed E-state index contributed by atoms with van der Waals surface area (Å²) in [6.45, 7) is 2.23. The number of benzene rings is 2. The maximum Gasteiger partial charge on any atom is 0.257 e. The number of carbonyl (C=O) groups excluding carboxylic acids is 1. The molecule has 0 spiro atoms. The van der Waals surface area contributed by atoms with E-state index in [1.807, 2.05) is 19.2 Å². The SMILES string of the molecule is COc1ccc2nc(NC(=O)c3cccc(S(=O)(=O)N4CCN(C)CC4)c3)sc2c1. The van der Waals surface area contributed by atoms with E-state index in [0.717, 1.165) is 10.2 Å². The van der Waals surface area contributed by atoms with Gasteiger partial charge in [-0.1, -0.05) is 17.4 Å². The van der Waals surface area contributed by atoms with Gasteiger partial charge in [0, 0.05) is 31.7 Å². The number of sulfonamides is 1. The standard InChI is InChI=1S/C20H22N4O4S2/c1-23-8-10-24(11-9-23)30(26,27)16-5-3-4-14(12-16)19(25)22-20-21-17-7-6-15(28-2)13-18(17)29-20/h3-7,12-13H,8-11H2,1-2H3,(H,21,22,25). The summed E-state index contributed by atoms with van der Waals surface area (Å²) < 4.78 is 33.5. The molecule has 10 heteroatoms. The predicted molar refractivity (Wildman–Crippen MR) is 117 cm³/mol. The first-order chi connectivity index (χ1) is 14.4. The van der Waals surface area contributed by atoms with Crippen molar-refractivity contribution in [1.29, 1.82) is 0 Å². The fourth-order valence-corrected chi connectivity index (χ4v) is 5.59. The van der Waals surface area contributed by atoms with Crippen LogP contribution in [0.2, 0.25) is 0 Å². The molecule has 1 saturated heterocycles. The molecule has 8 nitrogen and oxygen atoms in total. The predicted octanol–water partition coefficient (Wildman–Crippen LogP) is 2.49. The third-order valence-electron chi connectivity index (χ3n) is 5.01. The number of carbonyl (C=O) groups is 1. The molecule has 2 heterocycles. The van der Waals surface area contributed by atoms with Crippen LogP contribution >= 0.6 is 11.3 Å². The minimum Gasteiger partial charge on any atom is -0.497 e. The number of aromatic nitrogens is 1. The molecule has 1 aromatic heterocycles. The van der Waals surface area contributed by atoms with Crippen LogP contribution in [0.25, 0.3) is 10.2 Å². The Labute approximate surface area is 179 Å². The molecule has 0 radical (unpaired) electrons. The summed E-state index contributed by atoms with van der Waals surface area (Å²) in [5.41, 5.74) is 1.02. The monoisotopic (exact) mass is 446 g/mol. The summed E-state index contributed by atoms with van der Waals surface area (Å²) in [5.74, 6) is 0.308. The zero-order valence-corrected chi connectivity index (χ0v) is 18.3. The summed E-state index contributed by atoms with van der Waals surface area (Å²) in [6.07, 6.45) is 0. The summed E-state index contributed by atoms with van der Waals surface area (Å²) in [5, 5.41) is 3.20. The van der Waals surface area contributed by atoms with Crippen molar-refractivity contribution in [1.82, 2.24) is 14.2 Å². The molecule has 1 aliphatic rings. The van der Waals surface area contributed by atoms with E-state index in [-0.39, 0.29) is 10.5 Å². The number of fused-ring (bicyclic) bond motifs is 1. The molecule has 2 aromatic carbocycles. The number of rotatable bonds is 5. The molecular formula is C20H22N4O4S2. The van der Waals surface area contributed by atoms with Gasteiger partial charge < -0.3 is 9.64 Å². The first-order valence-electron chi connectivity index (χ1n) is 9.41. The van der Waals surface area contributed by atoms with Gasteiger partial charge in [-0.25, -0.2) is 13.4 Å². The smallest absolute Gasteiger partial charge is 0.257 e. The van der Waals surface area contributed by atoms with E-state index in [1.165, 1.54) is 27.8 Å². The normalized spacial score (nSPS) is 15.9. The molecule has 1 fully saturated rings. The minimum atomic E-state index is -3.64. The molecule has 3 aromatic rings. The van der Waals surface area contributed by atoms with Gasteiger partial charge in [0.2, 0.25) is 10.0 Å². The Morgan fingerprint density at radius 3 is 2.63 bits per heavy atom. The minimum absolute atomic E-state index is 0.119. The lowest BCUT2D eigenvalue weighted by Crippen LogP contribution is -2.47. The molecule has 30 heavy (non-hydrogen) atoms. The topological polar surface area (TPSA) is 91.8 Å². The number of piperazine rings is 1. The highest BCUT2D eigenvalue weighted by atomic mass is 32.2. The fraction of sp³-hybridized carbons (Fsp3) is 0.300. The molecule has 0 unspecified atom stereocenters. The Morgan fingerprint density at radius 2 is 1.90 bits per heavy atom. The van der Waals surface area contributed by atoms with Crippen molar-refractivity contribution in [3.05, 3.63) is 48.0 Å². The Balaban J connectivity index is 1.54. The molecule has 0 bridgehead atoms. The second-order valence-corrected chi connectivity index (χ2v) is 10.0. The molecule has 0 aliphatic carbocycles. The Bertz CT molecular complexity index is 1180. The van der Waals surface area contributed by atoms with Crippen molar-refractivity contribution >= 4 is 42.6 Å². The number of ether oxygens (including phenoxy) is 1. The van der Waals surface area contributed by atoms with Crippen LogP contribution in [0.1, 0.15) is 10.4 Å². The van der Waals surface area contributed by atoms with Gasteiger partial charge in [0.15, 0.2) is 5.13 Å². The van der Waals surface area contributed by atoms with Crippen molar-refractivity contribution in [3.63, 3.8) is 0 Å². The van der Waals surface area contributed by atoms with E-state index >= 15 is 0 Å². The third kappa shape index (κ3) is 4.17. The fourth-order valence-electron chi connectivity index (χ4n) is 3.23. The summed E-state index contributed by atoms with van der Waals surface area (Å²) >= 11 is 1.33. The first kappa shape index (κ1) is 20.7. The summed E-state index contributed by atoms with van der Waals surface area (Å²) in [7, 11) is -0.0861. The van der Waals surface area contributed by atoms with Crippen molar-refractivity contribution in [3.8, 4) is 5.75 Å². The maximum atomic E-state index is 13.0. The lowest BCUT2D eigenvalue weighted by Gasteiger charge is -2.31. The average molecular weight is 447 g/mol. The second-order valence-electron chi connectivity index (χ2n) is 7.04. The number of nitrogens with one attached hydrogen (secondary N) is 1. The van der Waals surface area contributed by atoms with Crippen LogP contribution in [-0.4, -0.2) is 68.9 Å². The average Bonchev–Trinajstić information content (AvgIpc) is 3.15. The molecule has 0 saturated carbocycles. The van der Waals surface area contributed by atoms with Gasteiger partial charge >= 0.3 is 0 Å². The maximum absolute atomic E-state index is 13.0. The van der Waals surface area contributed by atoms with Gasteiger partial charge in [-0.3, -0.25) is 10.1 Å². The van der Waals surface area contributed by atoms with E-state index < -0.39 is 15.9 Å². The van der Waals surface area contributed by atoms with E-state index in [0.29, 0.717) is 37.1 Å². The number of likely N-dealkylation sites (N-methyl/N-ethyl adjacent to an activating group) is 1. The molecular weight excluding hydrogens is 424 g/mol. The first-order valence-corrected chi connectivity index (χ1v) is 11.7. The zero-order chi connectivity index (χ0) is 21.3. The van der Waals surface area contributed by atoms with Crippen LogP contribution in [0.4, 0.5) is 5.13 Å². The number of thiazole rings is 1. The number of nitrogens with zero attached hydrogens (tertiary/aromatic N) is 3. The highest BCUT2D eigenvalue weighted by Crippen LogP contribution is 2.29. The van der Waals surface area contributed by atoms with Gasteiger partial charge in [0.1, 0.15) is 5.75 Å². The summed E-state index contributed by atoms with van der Waals surface area (Å²) in [6, 6.07) is 11.6. The van der Waals surface area contributed by atoms with Gasteiger partial charge in [0.05, 0.1) is 22.2 Å². The van der Waals surface area contributed by atoms with Crippen LogP contribution in [-0.2, 0) is 10.0 Å². The molecule has 1 N–H and O–H groups in total. The van der Waals surface area contributed by atoms with E-state index in [9.17, 15) is 13.2 Å². The van der Waals surface area contributed by atoms with Crippen LogP contribution in [0, 0.1) is 0 Å². The van der Waals surface area contributed by atoms with Crippen molar-refractivity contribution in [2.75, 3.05) is 45.7 Å². The van der Waals surface area contributed by atoms with Gasteiger partial charge in [-0.2, -0.15) is 4.31 Å². The van der Waals surface area contributed by atoms with Crippen LogP contribution < -0.4 is 10.1 Å². The highest BCUT2D eigenvalue weighted by molar-refractivity contribution is 7.89. The Hall–Kier alpha value is -2.53. The molecule has 4 rings (SSSR count). The highest BCUT2D eigenvalue weighted by Gasteiger charge is 2.28. The van der Waals surface area contributed by atoms with Crippen LogP contribution in [0.3, 0.4) is 0 Å². The van der Waals surface area contributed by atoms with E-state index in [4.69, 9.17) is 4.74 Å². The third-order valence-corrected chi connectivity index (χ3v) is 7.84. The number of hydrogen-bond acceptors (Lipinski definition) is 7. The zero-order valence-electron chi connectivity index (χ0n) is 16.7. The van der Waals surface area contributed by atoms with Crippen molar-refractivity contribution in [2.24, 2.45) is 0 Å². The Kier molecular flexibility index (Phi) is 5.74. The molecule has 1 aliphatic heterocycles. The molecule has 0 atom stereocenters. The Morgan fingerprint density at radius 1 is 1.13 bits per heavy atom. The second kappa shape index (κ2) is 8.31. The number of amides is 1. The lowest BCUT2D eigenvalue weighted by molar-refractivity contribution is 0.102. The van der Waals surface area contributed by atoms with Gasteiger partial charge in [0.25, 0.3) is 5.91 Å². The number of methoxy groups -OCH3 is 1.